The van der Waals surface area contributed by atoms with Gasteiger partial charge in [0.2, 0.25) is 5.91 Å². The number of aromatic nitrogens is 4. The zero-order chi connectivity index (χ0) is 22.5. The van der Waals surface area contributed by atoms with Gasteiger partial charge in [-0.15, -0.1) is 0 Å². The third kappa shape index (κ3) is 3.21. The van der Waals surface area contributed by atoms with Crippen molar-refractivity contribution in [2.45, 2.75) is 45.2 Å². The van der Waals surface area contributed by atoms with Crippen molar-refractivity contribution in [3.05, 3.63) is 83.0 Å². The van der Waals surface area contributed by atoms with Gasteiger partial charge in [-0.2, -0.15) is 5.10 Å². The second-order valence-corrected chi connectivity index (χ2v) is 9.01. The number of anilines is 1. The molecule has 0 radical (unpaired) electrons. The zero-order valence-electron chi connectivity index (χ0n) is 18.4. The van der Waals surface area contributed by atoms with Crippen LogP contribution >= 0.6 is 0 Å². The number of rotatable bonds is 3. The van der Waals surface area contributed by atoms with Crippen molar-refractivity contribution in [3.63, 3.8) is 0 Å². The van der Waals surface area contributed by atoms with Gasteiger partial charge in [0.15, 0.2) is 5.65 Å². The number of carbonyl (C=O) groups is 1. The number of nitrogens with zero attached hydrogens (tertiary/aromatic N) is 5. The lowest BCUT2D eigenvalue weighted by atomic mass is 9.80. The van der Waals surface area contributed by atoms with Crippen LogP contribution in [0.25, 0.3) is 16.7 Å². The summed E-state index contributed by atoms with van der Waals surface area (Å²) in [6.07, 6.45) is 3.81. The molecule has 4 aromatic rings. The Balaban J connectivity index is 1.51. The van der Waals surface area contributed by atoms with Gasteiger partial charge < -0.3 is 4.90 Å². The lowest BCUT2D eigenvalue weighted by Gasteiger charge is -2.46. The molecule has 1 unspecified atom stereocenters. The van der Waals surface area contributed by atoms with E-state index in [2.05, 4.69) is 36.9 Å². The Labute approximate surface area is 185 Å². The molecule has 1 atom stereocenters. The van der Waals surface area contributed by atoms with Crippen LogP contribution < -0.4 is 10.5 Å². The maximum Gasteiger partial charge on any atom is 0.264 e. The molecular weight excluding hydrogens is 402 g/mol. The molecule has 0 saturated heterocycles. The van der Waals surface area contributed by atoms with Crippen LogP contribution in [0.15, 0.2) is 71.9 Å². The van der Waals surface area contributed by atoms with Crippen molar-refractivity contribution in [2.24, 2.45) is 0 Å². The molecule has 1 aliphatic rings. The molecule has 2 aromatic carbocycles. The van der Waals surface area contributed by atoms with Gasteiger partial charge in [0.05, 0.1) is 11.9 Å². The predicted molar refractivity (Wildman–Crippen MR) is 124 cm³/mol. The first-order valence-electron chi connectivity index (χ1n) is 10.8. The minimum Gasteiger partial charge on any atom is -0.305 e. The Morgan fingerprint density at radius 1 is 1.09 bits per heavy atom. The molecule has 0 aliphatic carbocycles. The van der Waals surface area contributed by atoms with Crippen LogP contribution in [0.3, 0.4) is 0 Å². The average molecular weight is 428 g/mol. The topological polar surface area (TPSA) is 73.0 Å². The zero-order valence-corrected chi connectivity index (χ0v) is 18.4. The fourth-order valence-electron chi connectivity index (χ4n) is 4.89. The maximum atomic E-state index is 13.5. The average Bonchev–Trinajstić information content (AvgIpc) is 3.20. The Morgan fingerprint density at radius 2 is 1.81 bits per heavy atom. The largest absolute Gasteiger partial charge is 0.305 e. The molecule has 0 saturated carbocycles. The van der Waals surface area contributed by atoms with Crippen LogP contribution in [-0.2, 0) is 11.3 Å². The van der Waals surface area contributed by atoms with Gasteiger partial charge in [-0.3, -0.25) is 14.2 Å². The van der Waals surface area contributed by atoms with Crippen molar-refractivity contribution in [3.8, 4) is 5.69 Å². The predicted octanol–water partition coefficient (Wildman–Crippen LogP) is 3.90. The summed E-state index contributed by atoms with van der Waals surface area (Å²) < 4.78 is 3.01. The van der Waals surface area contributed by atoms with Gasteiger partial charge in [0.1, 0.15) is 18.3 Å². The molecule has 2 aromatic heterocycles. The van der Waals surface area contributed by atoms with Crippen molar-refractivity contribution >= 4 is 22.6 Å². The Bertz CT molecular complexity index is 1370. The summed E-state index contributed by atoms with van der Waals surface area (Å²) in [6, 6.07) is 17.5. The van der Waals surface area contributed by atoms with Crippen LogP contribution in [0.4, 0.5) is 5.69 Å². The number of carbonyl (C=O) groups excluding carboxylic acids is 1. The number of amides is 1. The number of hydrogen-bond donors (Lipinski definition) is 0. The summed E-state index contributed by atoms with van der Waals surface area (Å²) >= 11 is 0. The standard InChI is InChI=1S/C25H25N5O2/c1-17-13-25(2,3)29(21-12-8-7-11-19(17)21)22(31)15-28-16-26-23-20(24(28)32)14-27-30(23)18-9-5-4-6-10-18/h4-12,14,16-17H,13,15H2,1-3H3. The van der Waals surface area contributed by atoms with E-state index in [0.717, 1.165) is 23.4 Å². The quantitative estimate of drug-likeness (QED) is 0.497. The van der Waals surface area contributed by atoms with Gasteiger partial charge in [0, 0.05) is 11.2 Å². The monoisotopic (exact) mass is 427 g/mol. The number of fused-ring (bicyclic) bond motifs is 2. The maximum absolute atomic E-state index is 13.5. The minimum absolute atomic E-state index is 0.0789. The molecule has 3 heterocycles. The lowest BCUT2D eigenvalue weighted by Crippen LogP contribution is -2.53. The van der Waals surface area contributed by atoms with E-state index in [9.17, 15) is 9.59 Å². The normalized spacial score (nSPS) is 17.3. The van der Waals surface area contributed by atoms with Gasteiger partial charge >= 0.3 is 0 Å². The Hall–Kier alpha value is -3.74. The Kier molecular flexibility index (Phi) is 4.69. The number of hydrogen-bond acceptors (Lipinski definition) is 4. The molecule has 162 valence electrons. The number of para-hydroxylation sites is 2. The highest BCUT2D eigenvalue weighted by atomic mass is 16.2. The molecule has 5 rings (SSSR count). The third-order valence-electron chi connectivity index (χ3n) is 6.23. The van der Waals surface area contributed by atoms with Crippen molar-refractivity contribution in [2.75, 3.05) is 4.90 Å². The molecular formula is C25H25N5O2. The van der Waals surface area contributed by atoms with E-state index < -0.39 is 0 Å². The highest BCUT2D eigenvalue weighted by molar-refractivity contribution is 5.96. The van der Waals surface area contributed by atoms with Crippen LogP contribution in [0, 0.1) is 0 Å². The van der Waals surface area contributed by atoms with Gasteiger partial charge in [-0.05, 0) is 49.9 Å². The van der Waals surface area contributed by atoms with Gasteiger partial charge in [-0.1, -0.05) is 43.3 Å². The Morgan fingerprint density at radius 3 is 2.59 bits per heavy atom. The third-order valence-corrected chi connectivity index (χ3v) is 6.23. The summed E-state index contributed by atoms with van der Waals surface area (Å²) in [5.74, 6) is 0.225. The molecule has 32 heavy (non-hydrogen) atoms. The van der Waals surface area contributed by atoms with E-state index in [1.807, 2.05) is 53.4 Å². The molecule has 7 heteroatoms. The van der Waals surface area contributed by atoms with E-state index in [1.165, 1.54) is 17.1 Å². The smallest absolute Gasteiger partial charge is 0.264 e. The van der Waals surface area contributed by atoms with Gasteiger partial charge in [-0.25, -0.2) is 9.67 Å². The fourth-order valence-corrected chi connectivity index (χ4v) is 4.89. The van der Waals surface area contributed by atoms with Crippen LogP contribution in [0.5, 0.6) is 0 Å². The highest BCUT2D eigenvalue weighted by Crippen LogP contribution is 2.43. The van der Waals surface area contributed by atoms with E-state index in [1.54, 1.807) is 4.68 Å². The van der Waals surface area contributed by atoms with Crippen molar-refractivity contribution in [1.29, 1.82) is 0 Å². The highest BCUT2D eigenvalue weighted by Gasteiger charge is 2.39. The van der Waals surface area contributed by atoms with Crippen LogP contribution in [0.2, 0.25) is 0 Å². The molecule has 1 aliphatic heterocycles. The SMILES string of the molecule is CC1CC(C)(C)N(C(=O)Cn2cnc3c(cnn3-c3ccccc3)c2=O)c2ccccc21. The number of benzene rings is 2. The summed E-state index contributed by atoms with van der Waals surface area (Å²) in [4.78, 5) is 32.9. The fraction of sp³-hybridized carbons (Fsp3) is 0.280. The molecule has 0 fully saturated rings. The van der Waals surface area contributed by atoms with Crippen molar-refractivity contribution in [1.82, 2.24) is 19.3 Å². The molecule has 0 spiro atoms. The van der Waals surface area contributed by atoms with Crippen LogP contribution in [0.1, 0.15) is 38.7 Å². The second-order valence-electron chi connectivity index (χ2n) is 9.01. The van der Waals surface area contributed by atoms with E-state index >= 15 is 0 Å². The molecule has 0 bridgehead atoms. The lowest BCUT2D eigenvalue weighted by molar-refractivity contribution is -0.120. The first-order valence-corrected chi connectivity index (χ1v) is 10.8. The summed E-state index contributed by atoms with van der Waals surface area (Å²) in [6.45, 7) is 6.26. The molecule has 7 nitrogen and oxygen atoms in total. The van der Waals surface area contributed by atoms with Crippen LogP contribution in [-0.4, -0.2) is 30.8 Å². The van der Waals surface area contributed by atoms with E-state index in [4.69, 9.17) is 0 Å². The summed E-state index contributed by atoms with van der Waals surface area (Å²) in [5, 5.41) is 4.73. The van der Waals surface area contributed by atoms with Gasteiger partial charge in [0.25, 0.3) is 5.56 Å². The minimum atomic E-state index is -0.357. The van der Waals surface area contributed by atoms with Crippen molar-refractivity contribution < 1.29 is 4.79 Å². The second kappa shape index (κ2) is 7.44. The first-order chi connectivity index (χ1) is 15.4. The summed E-state index contributed by atoms with van der Waals surface area (Å²) in [7, 11) is 0. The first kappa shape index (κ1) is 20.2. The van der Waals surface area contributed by atoms with E-state index in [-0.39, 0.29) is 23.6 Å². The van der Waals surface area contributed by atoms with E-state index in [0.29, 0.717) is 17.0 Å². The summed E-state index contributed by atoms with van der Waals surface area (Å²) in [5.41, 5.74) is 2.74. The molecule has 0 N–H and O–H groups in total. The molecule has 1 amide bonds.